The van der Waals surface area contributed by atoms with Gasteiger partial charge in [-0.15, -0.1) is 0 Å². The molecule has 5 rings (SSSR count). The highest BCUT2D eigenvalue weighted by atomic mass is 19.1. The largest absolute Gasteiger partial charge is 0.321 e. The van der Waals surface area contributed by atoms with E-state index in [4.69, 9.17) is 0 Å². The predicted molar refractivity (Wildman–Crippen MR) is 137 cm³/mol. The van der Waals surface area contributed by atoms with Gasteiger partial charge in [0, 0.05) is 24.8 Å². The molecule has 2 aliphatic carbocycles. The smallest absolute Gasteiger partial charge is 0.317 e. The molecule has 2 saturated carbocycles. The van der Waals surface area contributed by atoms with E-state index in [-0.39, 0.29) is 29.5 Å². The molecule has 3 aliphatic rings. The molecule has 3 fully saturated rings. The molecule has 3 amide bonds. The summed E-state index contributed by atoms with van der Waals surface area (Å²) >= 11 is 0. The standard InChI is InChI=1S/C28H36FN5O2/c1-32(2)28(22-10-4-3-5-11-22)15-13-27(14-16-28)20-33(26(36)34(27)18-21-8-6-9-21)19-24(35)31-25-23(29)12-7-17-30-25/h3-5,7,10-12,17,21H,6,8-9,13-16,18-20H2,1-2H3,(H,30,31,35). The third-order valence-corrected chi connectivity index (χ3v) is 8.75. The number of carbonyl (C=O) groups is 2. The molecule has 1 aromatic heterocycles. The Balaban J connectivity index is 1.35. The van der Waals surface area contributed by atoms with E-state index < -0.39 is 11.7 Å². The molecule has 8 heteroatoms. The van der Waals surface area contributed by atoms with E-state index in [9.17, 15) is 14.0 Å². The van der Waals surface area contributed by atoms with Crippen molar-refractivity contribution < 1.29 is 14.0 Å². The molecule has 0 atom stereocenters. The fraction of sp³-hybridized carbons (Fsp3) is 0.536. The molecule has 1 saturated heterocycles. The summed E-state index contributed by atoms with van der Waals surface area (Å²) in [6.07, 6.45) is 8.61. The van der Waals surface area contributed by atoms with Gasteiger partial charge in [-0.3, -0.25) is 9.69 Å². The molecule has 1 aliphatic heterocycles. The number of aromatic nitrogens is 1. The molecular weight excluding hydrogens is 457 g/mol. The molecule has 2 heterocycles. The Morgan fingerprint density at radius 2 is 1.83 bits per heavy atom. The molecule has 1 spiro atoms. The first-order valence-electron chi connectivity index (χ1n) is 13.0. The van der Waals surface area contributed by atoms with Gasteiger partial charge in [0.15, 0.2) is 11.6 Å². The summed E-state index contributed by atoms with van der Waals surface area (Å²) < 4.78 is 14.0. The lowest BCUT2D eigenvalue weighted by molar-refractivity contribution is -0.116. The fourth-order valence-electron chi connectivity index (χ4n) is 6.33. The van der Waals surface area contributed by atoms with E-state index in [0.717, 1.165) is 45.1 Å². The number of pyridine rings is 1. The monoisotopic (exact) mass is 493 g/mol. The van der Waals surface area contributed by atoms with Crippen molar-refractivity contribution in [3.05, 3.63) is 60.0 Å². The van der Waals surface area contributed by atoms with E-state index in [0.29, 0.717) is 12.5 Å². The quantitative estimate of drug-likeness (QED) is 0.618. The molecule has 0 bridgehead atoms. The molecule has 192 valence electrons. The minimum Gasteiger partial charge on any atom is -0.317 e. The molecule has 36 heavy (non-hydrogen) atoms. The average molecular weight is 494 g/mol. The van der Waals surface area contributed by atoms with Crippen LogP contribution in [-0.2, 0) is 10.3 Å². The van der Waals surface area contributed by atoms with Crippen molar-refractivity contribution in [2.75, 3.05) is 39.0 Å². The summed E-state index contributed by atoms with van der Waals surface area (Å²) in [5.41, 5.74) is 0.963. The van der Waals surface area contributed by atoms with Crippen molar-refractivity contribution in [3.63, 3.8) is 0 Å². The van der Waals surface area contributed by atoms with Gasteiger partial charge in [0.2, 0.25) is 5.91 Å². The highest BCUT2D eigenvalue weighted by molar-refractivity contribution is 5.94. The zero-order valence-corrected chi connectivity index (χ0v) is 21.3. The molecule has 1 aromatic carbocycles. The van der Waals surface area contributed by atoms with Gasteiger partial charge in [0.25, 0.3) is 0 Å². The minimum atomic E-state index is -0.588. The van der Waals surface area contributed by atoms with Gasteiger partial charge >= 0.3 is 6.03 Å². The SMILES string of the molecule is CN(C)C1(c2ccccc2)CCC2(CC1)CN(CC(=O)Nc1ncccc1F)C(=O)N2CC1CCC1. The Kier molecular flexibility index (Phi) is 6.72. The van der Waals surface area contributed by atoms with Gasteiger partial charge in [-0.1, -0.05) is 36.8 Å². The Labute approximate surface area is 212 Å². The van der Waals surface area contributed by atoms with Crippen molar-refractivity contribution in [3.8, 4) is 0 Å². The van der Waals surface area contributed by atoms with Crippen LogP contribution >= 0.6 is 0 Å². The third kappa shape index (κ3) is 4.47. The fourth-order valence-corrected chi connectivity index (χ4v) is 6.33. The summed E-state index contributed by atoms with van der Waals surface area (Å²) in [7, 11) is 4.29. The lowest BCUT2D eigenvalue weighted by Crippen LogP contribution is -2.56. The lowest BCUT2D eigenvalue weighted by Gasteiger charge is -2.51. The van der Waals surface area contributed by atoms with Crippen LogP contribution in [0.1, 0.15) is 50.5 Å². The summed E-state index contributed by atoms with van der Waals surface area (Å²) in [5, 5.41) is 2.53. The van der Waals surface area contributed by atoms with E-state index in [1.54, 1.807) is 4.90 Å². The van der Waals surface area contributed by atoms with Gasteiger partial charge in [-0.25, -0.2) is 14.2 Å². The molecule has 0 radical (unpaired) electrons. The van der Waals surface area contributed by atoms with Gasteiger partial charge in [-0.2, -0.15) is 0 Å². The second-order valence-corrected chi connectivity index (χ2v) is 10.9. The van der Waals surface area contributed by atoms with E-state index >= 15 is 0 Å². The number of nitrogens with one attached hydrogen (secondary N) is 1. The summed E-state index contributed by atoms with van der Waals surface area (Å²) in [5.74, 6) is -0.581. The summed E-state index contributed by atoms with van der Waals surface area (Å²) in [6.45, 7) is 1.18. The highest BCUT2D eigenvalue weighted by Crippen LogP contribution is 2.49. The van der Waals surface area contributed by atoms with Gasteiger partial charge in [0.05, 0.1) is 5.54 Å². The first kappa shape index (κ1) is 24.7. The van der Waals surface area contributed by atoms with Crippen LogP contribution in [0.3, 0.4) is 0 Å². The molecule has 0 unspecified atom stereocenters. The van der Waals surface area contributed by atoms with Crippen LogP contribution in [0.2, 0.25) is 0 Å². The van der Waals surface area contributed by atoms with Gasteiger partial charge < -0.3 is 15.1 Å². The Hall–Kier alpha value is -3.00. The second-order valence-electron chi connectivity index (χ2n) is 10.9. The number of benzene rings is 1. The number of hydrogen-bond donors (Lipinski definition) is 1. The van der Waals surface area contributed by atoms with Gasteiger partial charge in [-0.05, 0) is 76.2 Å². The lowest BCUT2D eigenvalue weighted by atomic mass is 9.68. The number of amides is 3. The molecule has 1 N–H and O–H groups in total. The minimum absolute atomic E-state index is 0.0704. The summed E-state index contributed by atoms with van der Waals surface area (Å²) in [4.78, 5) is 36.4. The van der Waals surface area contributed by atoms with E-state index in [2.05, 4.69) is 58.5 Å². The zero-order chi connectivity index (χ0) is 25.3. The van der Waals surface area contributed by atoms with Crippen LogP contribution in [-0.4, -0.2) is 70.9 Å². The van der Waals surface area contributed by atoms with Crippen molar-refractivity contribution in [1.29, 1.82) is 0 Å². The average Bonchev–Trinajstić information content (AvgIpc) is 3.08. The number of nitrogens with zero attached hydrogens (tertiary/aromatic N) is 4. The van der Waals surface area contributed by atoms with Crippen LogP contribution in [0.4, 0.5) is 15.0 Å². The maximum atomic E-state index is 14.0. The topological polar surface area (TPSA) is 68.8 Å². The van der Waals surface area contributed by atoms with Crippen molar-refractivity contribution in [2.24, 2.45) is 5.92 Å². The van der Waals surface area contributed by atoms with Crippen LogP contribution in [0.5, 0.6) is 0 Å². The number of anilines is 1. The number of rotatable bonds is 7. The highest BCUT2D eigenvalue weighted by Gasteiger charge is 2.55. The van der Waals surface area contributed by atoms with Crippen LogP contribution in [0, 0.1) is 11.7 Å². The summed E-state index contributed by atoms with van der Waals surface area (Å²) in [6, 6.07) is 13.3. The van der Waals surface area contributed by atoms with Crippen LogP contribution < -0.4 is 5.32 Å². The number of halogens is 1. The Morgan fingerprint density at radius 1 is 1.11 bits per heavy atom. The third-order valence-electron chi connectivity index (χ3n) is 8.75. The Bertz CT molecular complexity index is 1100. The molecule has 2 aromatic rings. The van der Waals surface area contributed by atoms with Crippen molar-refractivity contribution in [1.82, 2.24) is 19.7 Å². The number of urea groups is 1. The zero-order valence-electron chi connectivity index (χ0n) is 21.3. The number of hydrogen-bond acceptors (Lipinski definition) is 4. The normalized spacial score (nSPS) is 26.5. The van der Waals surface area contributed by atoms with E-state index in [1.807, 2.05) is 6.07 Å². The second kappa shape index (κ2) is 9.81. The van der Waals surface area contributed by atoms with Crippen molar-refractivity contribution in [2.45, 2.75) is 56.0 Å². The predicted octanol–water partition coefficient (Wildman–Crippen LogP) is 4.47. The number of carbonyl (C=O) groups excluding carboxylic acids is 2. The van der Waals surface area contributed by atoms with Crippen LogP contribution in [0.25, 0.3) is 0 Å². The Morgan fingerprint density at radius 3 is 2.44 bits per heavy atom. The molecule has 7 nitrogen and oxygen atoms in total. The van der Waals surface area contributed by atoms with E-state index in [1.165, 1.54) is 30.3 Å². The first-order chi connectivity index (χ1) is 17.3. The van der Waals surface area contributed by atoms with Crippen molar-refractivity contribution >= 4 is 17.8 Å². The first-order valence-corrected chi connectivity index (χ1v) is 13.0. The van der Waals surface area contributed by atoms with Crippen LogP contribution in [0.15, 0.2) is 48.7 Å². The molecular formula is C28H36FN5O2. The maximum absolute atomic E-state index is 14.0. The maximum Gasteiger partial charge on any atom is 0.321 e. The van der Waals surface area contributed by atoms with Gasteiger partial charge in [0.1, 0.15) is 6.54 Å².